The fraction of sp³-hybridized carbons (Fsp3) is 0.200. The smallest absolute Gasteiger partial charge is 0.221 e. The number of benzene rings is 1. The van der Waals surface area contributed by atoms with Gasteiger partial charge in [0.25, 0.3) is 0 Å². The van der Waals surface area contributed by atoms with Gasteiger partial charge in [-0.15, -0.1) is 0 Å². The van der Waals surface area contributed by atoms with Crippen molar-refractivity contribution < 1.29 is 9.59 Å². The summed E-state index contributed by atoms with van der Waals surface area (Å²) in [5.74, 6) is -0.0943. The predicted molar refractivity (Wildman–Crippen MR) is 50.5 cm³/mol. The summed E-state index contributed by atoms with van der Waals surface area (Å²) in [5.41, 5.74) is 1.70. The van der Waals surface area contributed by atoms with Gasteiger partial charge in [-0.05, 0) is 17.7 Å². The Morgan fingerprint density at radius 3 is 2.46 bits per heavy atom. The fourth-order valence-corrected chi connectivity index (χ4v) is 1.02. The molecule has 0 heterocycles. The molecule has 0 unspecified atom stereocenters. The Morgan fingerprint density at radius 2 is 2.00 bits per heavy atom. The molecule has 0 fully saturated rings. The molecule has 0 spiro atoms. The van der Waals surface area contributed by atoms with E-state index in [0.717, 1.165) is 17.5 Å². The van der Waals surface area contributed by atoms with Crippen molar-refractivity contribution in [3.63, 3.8) is 0 Å². The standard InChI is InChI=1S/C10H11NO2/c1-8(13)11-10-4-2-9(3-5-10)6-7-12/h2-5,7H,6H2,1H3,(H,11,13). The normalized spacial score (nSPS) is 9.31. The Balaban J connectivity index is 2.69. The number of aldehydes is 1. The molecule has 1 aromatic rings. The van der Waals surface area contributed by atoms with Crippen molar-refractivity contribution in [2.75, 3.05) is 5.32 Å². The van der Waals surface area contributed by atoms with Gasteiger partial charge in [-0.3, -0.25) is 4.79 Å². The second-order valence-corrected chi connectivity index (χ2v) is 2.75. The molecule has 0 saturated heterocycles. The zero-order valence-electron chi connectivity index (χ0n) is 7.41. The van der Waals surface area contributed by atoms with Gasteiger partial charge in [0.1, 0.15) is 6.29 Å². The lowest BCUT2D eigenvalue weighted by Gasteiger charge is -2.01. The molecule has 0 aromatic heterocycles. The highest BCUT2D eigenvalue weighted by atomic mass is 16.1. The highest BCUT2D eigenvalue weighted by Crippen LogP contribution is 2.08. The number of carbonyl (C=O) groups excluding carboxylic acids is 2. The molecule has 13 heavy (non-hydrogen) atoms. The van der Waals surface area contributed by atoms with Crippen LogP contribution >= 0.6 is 0 Å². The lowest BCUT2D eigenvalue weighted by atomic mass is 10.1. The number of rotatable bonds is 3. The third-order valence-electron chi connectivity index (χ3n) is 1.59. The van der Waals surface area contributed by atoms with E-state index in [1.165, 1.54) is 6.92 Å². The Bertz CT molecular complexity index is 303. The topological polar surface area (TPSA) is 46.2 Å². The monoisotopic (exact) mass is 177 g/mol. The maximum Gasteiger partial charge on any atom is 0.221 e. The van der Waals surface area contributed by atoms with Crippen LogP contribution in [-0.2, 0) is 16.0 Å². The second-order valence-electron chi connectivity index (χ2n) is 2.75. The first-order valence-electron chi connectivity index (χ1n) is 4.02. The molecule has 0 atom stereocenters. The molecule has 1 N–H and O–H groups in total. The van der Waals surface area contributed by atoms with Gasteiger partial charge in [-0.1, -0.05) is 12.1 Å². The van der Waals surface area contributed by atoms with E-state index in [9.17, 15) is 9.59 Å². The number of hydrogen-bond acceptors (Lipinski definition) is 2. The van der Waals surface area contributed by atoms with Crippen molar-refractivity contribution in [3.8, 4) is 0 Å². The van der Waals surface area contributed by atoms with E-state index in [0.29, 0.717) is 6.42 Å². The summed E-state index contributed by atoms with van der Waals surface area (Å²) in [5, 5.41) is 2.65. The minimum Gasteiger partial charge on any atom is -0.326 e. The predicted octanol–water partition coefficient (Wildman–Crippen LogP) is 1.39. The van der Waals surface area contributed by atoms with Gasteiger partial charge in [0, 0.05) is 19.0 Å². The van der Waals surface area contributed by atoms with Crippen LogP contribution in [0.4, 0.5) is 5.69 Å². The van der Waals surface area contributed by atoms with E-state index in [1.807, 2.05) is 12.1 Å². The molecule has 0 aliphatic rings. The first-order chi connectivity index (χ1) is 6.22. The quantitative estimate of drug-likeness (QED) is 0.709. The summed E-state index contributed by atoms with van der Waals surface area (Å²) in [6.07, 6.45) is 1.27. The largest absolute Gasteiger partial charge is 0.326 e. The maximum absolute atomic E-state index is 10.7. The van der Waals surface area contributed by atoms with Crippen molar-refractivity contribution in [2.24, 2.45) is 0 Å². The van der Waals surface area contributed by atoms with Gasteiger partial charge in [-0.25, -0.2) is 0 Å². The summed E-state index contributed by atoms with van der Waals surface area (Å²) >= 11 is 0. The SMILES string of the molecule is CC(=O)Nc1ccc(CC=O)cc1. The molecule has 68 valence electrons. The summed E-state index contributed by atoms with van der Waals surface area (Å²) < 4.78 is 0. The van der Waals surface area contributed by atoms with Crippen LogP contribution in [0.1, 0.15) is 12.5 Å². The average Bonchev–Trinajstić information content (AvgIpc) is 2.08. The van der Waals surface area contributed by atoms with Crippen molar-refractivity contribution in [1.29, 1.82) is 0 Å². The fourth-order valence-electron chi connectivity index (χ4n) is 1.02. The summed E-state index contributed by atoms with van der Waals surface area (Å²) in [6, 6.07) is 7.19. The number of amides is 1. The molecule has 1 rings (SSSR count). The zero-order valence-corrected chi connectivity index (χ0v) is 7.41. The number of anilines is 1. The molecule has 0 bridgehead atoms. The summed E-state index contributed by atoms with van der Waals surface area (Å²) in [7, 11) is 0. The molecule has 0 aliphatic heterocycles. The molecule has 0 aliphatic carbocycles. The van der Waals surface area contributed by atoms with Crippen molar-refractivity contribution in [2.45, 2.75) is 13.3 Å². The van der Waals surface area contributed by atoms with Gasteiger partial charge in [0.2, 0.25) is 5.91 Å². The number of hydrogen-bond donors (Lipinski definition) is 1. The zero-order chi connectivity index (χ0) is 9.68. The Morgan fingerprint density at radius 1 is 1.38 bits per heavy atom. The van der Waals surface area contributed by atoms with E-state index in [4.69, 9.17) is 0 Å². The van der Waals surface area contributed by atoms with E-state index in [-0.39, 0.29) is 5.91 Å². The molecule has 3 heteroatoms. The third-order valence-corrected chi connectivity index (χ3v) is 1.59. The molecule has 0 radical (unpaired) electrons. The summed E-state index contributed by atoms with van der Waals surface area (Å²) in [6.45, 7) is 1.46. The third kappa shape index (κ3) is 3.07. The minimum atomic E-state index is -0.0943. The van der Waals surface area contributed by atoms with Crippen LogP contribution in [0.2, 0.25) is 0 Å². The van der Waals surface area contributed by atoms with E-state index < -0.39 is 0 Å². The van der Waals surface area contributed by atoms with Gasteiger partial charge in [0.15, 0.2) is 0 Å². The summed E-state index contributed by atoms with van der Waals surface area (Å²) in [4.78, 5) is 20.8. The minimum absolute atomic E-state index is 0.0943. The van der Waals surface area contributed by atoms with Crippen molar-refractivity contribution in [1.82, 2.24) is 0 Å². The van der Waals surface area contributed by atoms with Crippen LogP contribution < -0.4 is 5.32 Å². The lowest BCUT2D eigenvalue weighted by molar-refractivity contribution is -0.114. The van der Waals surface area contributed by atoms with Crippen molar-refractivity contribution >= 4 is 17.9 Å². The Hall–Kier alpha value is -1.64. The first kappa shape index (κ1) is 9.45. The van der Waals surface area contributed by atoms with Crippen LogP contribution in [-0.4, -0.2) is 12.2 Å². The Kier molecular flexibility index (Phi) is 3.20. The Labute approximate surface area is 76.8 Å². The van der Waals surface area contributed by atoms with Crippen LogP contribution in [0.5, 0.6) is 0 Å². The average molecular weight is 177 g/mol. The van der Waals surface area contributed by atoms with Crippen LogP contribution in [0.15, 0.2) is 24.3 Å². The molecule has 1 aromatic carbocycles. The van der Waals surface area contributed by atoms with Gasteiger partial charge in [-0.2, -0.15) is 0 Å². The van der Waals surface area contributed by atoms with E-state index in [1.54, 1.807) is 12.1 Å². The highest BCUT2D eigenvalue weighted by molar-refractivity contribution is 5.88. The van der Waals surface area contributed by atoms with Crippen LogP contribution in [0.25, 0.3) is 0 Å². The van der Waals surface area contributed by atoms with E-state index in [2.05, 4.69) is 5.32 Å². The maximum atomic E-state index is 10.7. The molecule has 1 amide bonds. The van der Waals surface area contributed by atoms with Crippen molar-refractivity contribution in [3.05, 3.63) is 29.8 Å². The van der Waals surface area contributed by atoms with Gasteiger partial charge in [0.05, 0.1) is 0 Å². The lowest BCUT2D eigenvalue weighted by Crippen LogP contribution is -2.05. The molecular formula is C10H11NO2. The number of carbonyl (C=O) groups is 2. The van der Waals surface area contributed by atoms with Crippen LogP contribution in [0, 0.1) is 0 Å². The van der Waals surface area contributed by atoms with E-state index >= 15 is 0 Å². The molecule has 0 saturated carbocycles. The molecular weight excluding hydrogens is 166 g/mol. The van der Waals surface area contributed by atoms with Gasteiger partial charge >= 0.3 is 0 Å². The highest BCUT2D eigenvalue weighted by Gasteiger charge is 1.95. The second kappa shape index (κ2) is 4.40. The first-order valence-corrected chi connectivity index (χ1v) is 4.02. The van der Waals surface area contributed by atoms with Gasteiger partial charge < -0.3 is 10.1 Å². The molecule has 3 nitrogen and oxygen atoms in total. The number of nitrogens with one attached hydrogen (secondary N) is 1. The van der Waals surface area contributed by atoms with Crippen LogP contribution in [0.3, 0.4) is 0 Å².